The lowest BCUT2D eigenvalue weighted by atomic mass is 10.1. The van der Waals surface area contributed by atoms with Crippen LogP contribution in [0.25, 0.3) is 0 Å². The zero-order valence-electron chi connectivity index (χ0n) is 9.76. The van der Waals surface area contributed by atoms with Crippen LogP contribution in [0.2, 0.25) is 0 Å². The smallest absolute Gasteiger partial charge is 0.308 e. The molecular weight excluding hydrogens is 218 g/mol. The first kappa shape index (κ1) is 13.1. The topological polar surface area (TPSA) is 55.7 Å². The van der Waals surface area contributed by atoms with E-state index in [1.807, 2.05) is 30.3 Å². The Balaban J connectivity index is 2.40. The highest BCUT2D eigenvalue weighted by atomic mass is 16.5. The van der Waals surface area contributed by atoms with E-state index < -0.39 is 12.0 Å². The molecule has 0 aromatic heterocycles. The molecule has 0 aliphatic carbocycles. The number of carbonyl (C=O) groups excluding carboxylic acids is 2. The summed E-state index contributed by atoms with van der Waals surface area (Å²) in [6, 6.07) is 8.65. The molecular formula is C13H15NO3. The number of hydrogen-bond acceptors (Lipinski definition) is 4. The van der Waals surface area contributed by atoms with Crippen LogP contribution in [0.1, 0.15) is 18.9 Å². The van der Waals surface area contributed by atoms with Crippen LogP contribution < -0.4 is 0 Å². The van der Waals surface area contributed by atoms with Crippen LogP contribution in [-0.2, 0) is 20.9 Å². The third-order valence-electron chi connectivity index (χ3n) is 2.29. The fourth-order valence-electron chi connectivity index (χ4n) is 1.29. The van der Waals surface area contributed by atoms with Gasteiger partial charge in [-0.15, -0.1) is 0 Å². The van der Waals surface area contributed by atoms with E-state index in [0.717, 1.165) is 5.56 Å². The van der Waals surface area contributed by atoms with Crippen molar-refractivity contribution < 1.29 is 14.3 Å². The molecule has 1 unspecified atom stereocenters. The highest BCUT2D eigenvalue weighted by Crippen LogP contribution is 2.05. The minimum Gasteiger partial charge on any atom is -0.461 e. The van der Waals surface area contributed by atoms with Crippen molar-refractivity contribution in [1.82, 2.24) is 0 Å². The molecule has 0 amide bonds. The van der Waals surface area contributed by atoms with Crippen LogP contribution in [-0.4, -0.2) is 24.5 Å². The summed E-state index contributed by atoms with van der Waals surface area (Å²) in [6.07, 6.45) is -0.0499. The van der Waals surface area contributed by atoms with Crippen LogP contribution in [0.15, 0.2) is 35.3 Å². The molecule has 4 heteroatoms. The molecule has 0 radical (unpaired) electrons. The van der Waals surface area contributed by atoms with Crippen molar-refractivity contribution >= 4 is 18.5 Å². The van der Waals surface area contributed by atoms with Crippen LogP contribution in [0, 0.1) is 0 Å². The first-order valence-electron chi connectivity index (χ1n) is 5.29. The molecule has 0 heterocycles. The predicted octanol–water partition coefficient (Wildman–Crippen LogP) is 1.78. The lowest BCUT2D eigenvalue weighted by Crippen LogP contribution is -2.20. The van der Waals surface area contributed by atoms with Gasteiger partial charge in [-0.3, -0.25) is 14.6 Å². The maximum Gasteiger partial charge on any atom is 0.308 e. The standard InChI is InChI=1S/C13H15NO3/c1-10(15)12(14-2)8-13(16)17-9-11-6-4-3-5-7-11/h3-7,12H,2,8-9H2,1H3. The van der Waals surface area contributed by atoms with E-state index in [1.165, 1.54) is 6.92 Å². The van der Waals surface area contributed by atoms with Gasteiger partial charge < -0.3 is 4.74 Å². The second-order valence-electron chi connectivity index (χ2n) is 3.66. The van der Waals surface area contributed by atoms with Crippen molar-refractivity contribution in [3.05, 3.63) is 35.9 Å². The van der Waals surface area contributed by atoms with Crippen LogP contribution in [0.5, 0.6) is 0 Å². The lowest BCUT2D eigenvalue weighted by Gasteiger charge is -2.08. The van der Waals surface area contributed by atoms with Gasteiger partial charge in [0.2, 0.25) is 0 Å². The summed E-state index contributed by atoms with van der Waals surface area (Å²) in [4.78, 5) is 26.1. The summed E-state index contributed by atoms with van der Waals surface area (Å²) >= 11 is 0. The fourth-order valence-corrected chi connectivity index (χ4v) is 1.29. The number of rotatable bonds is 6. The number of hydrogen-bond donors (Lipinski definition) is 0. The molecule has 1 aromatic carbocycles. The lowest BCUT2D eigenvalue weighted by molar-refractivity contribution is -0.146. The van der Waals surface area contributed by atoms with Gasteiger partial charge >= 0.3 is 5.97 Å². The predicted molar refractivity (Wildman–Crippen MR) is 64.9 cm³/mol. The zero-order chi connectivity index (χ0) is 12.7. The molecule has 4 nitrogen and oxygen atoms in total. The maximum atomic E-state index is 11.4. The summed E-state index contributed by atoms with van der Waals surface area (Å²) in [7, 11) is 0. The zero-order valence-corrected chi connectivity index (χ0v) is 9.76. The number of carbonyl (C=O) groups is 2. The Bertz CT molecular complexity index is 400. The number of benzene rings is 1. The van der Waals surface area contributed by atoms with Crippen molar-refractivity contribution in [3.8, 4) is 0 Å². The normalized spacial score (nSPS) is 11.6. The van der Waals surface area contributed by atoms with Gasteiger partial charge in [0.05, 0.1) is 6.42 Å². The minimum atomic E-state index is -0.696. The molecule has 0 saturated heterocycles. The second-order valence-corrected chi connectivity index (χ2v) is 3.66. The molecule has 0 saturated carbocycles. The summed E-state index contributed by atoms with van der Waals surface area (Å²) in [6.45, 7) is 4.86. The largest absolute Gasteiger partial charge is 0.461 e. The average Bonchev–Trinajstić information content (AvgIpc) is 2.34. The highest BCUT2D eigenvalue weighted by molar-refractivity contribution is 5.87. The summed E-state index contributed by atoms with van der Waals surface area (Å²) in [5.74, 6) is -0.627. The Kier molecular flexibility index (Phi) is 5.07. The maximum absolute atomic E-state index is 11.4. The Labute approximate surface area is 100 Å². The van der Waals surface area contributed by atoms with Gasteiger partial charge in [-0.05, 0) is 19.2 Å². The molecule has 17 heavy (non-hydrogen) atoms. The van der Waals surface area contributed by atoms with Crippen LogP contribution in [0.4, 0.5) is 0 Å². The number of aliphatic imine (C=N–C) groups is 1. The molecule has 1 atom stereocenters. The van der Waals surface area contributed by atoms with E-state index in [4.69, 9.17) is 4.74 Å². The second kappa shape index (κ2) is 6.58. The molecule has 0 spiro atoms. The Morgan fingerprint density at radius 1 is 1.35 bits per heavy atom. The monoisotopic (exact) mass is 233 g/mol. The SMILES string of the molecule is C=NC(CC(=O)OCc1ccccc1)C(C)=O. The summed E-state index contributed by atoms with van der Waals surface area (Å²) in [5, 5.41) is 0. The molecule has 0 fully saturated rings. The van der Waals surface area contributed by atoms with Crippen molar-refractivity contribution in [1.29, 1.82) is 0 Å². The van der Waals surface area contributed by atoms with Crippen molar-refractivity contribution in [2.75, 3.05) is 0 Å². The van der Waals surface area contributed by atoms with E-state index in [1.54, 1.807) is 0 Å². The van der Waals surface area contributed by atoms with Crippen LogP contribution >= 0.6 is 0 Å². The van der Waals surface area contributed by atoms with Crippen LogP contribution in [0.3, 0.4) is 0 Å². The number of Topliss-reactive ketones (excluding diaryl/α,β-unsaturated/α-hetero) is 1. The first-order chi connectivity index (χ1) is 8.13. The van der Waals surface area contributed by atoms with Gasteiger partial charge in [-0.2, -0.15) is 0 Å². The number of esters is 1. The third-order valence-corrected chi connectivity index (χ3v) is 2.29. The quantitative estimate of drug-likeness (QED) is 0.556. The van der Waals surface area contributed by atoms with E-state index >= 15 is 0 Å². The Morgan fingerprint density at radius 3 is 2.53 bits per heavy atom. The molecule has 0 N–H and O–H groups in total. The molecule has 0 aliphatic heterocycles. The van der Waals surface area contributed by atoms with Gasteiger partial charge in [0.15, 0.2) is 5.78 Å². The fraction of sp³-hybridized carbons (Fsp3) is 0.308. The van der Waals surface area contributed by atoms with Gasteiger partial charge in [-0.1, -0.05) is 30.3 Å². The third kappa shape index (κ3) is 4.59. The highest BCUT2D eigenvalue weighted by Gasteiger charge is 2.17. The van der Waals surface area contributed by atoms with Gasteiger partial charge in [0, 0.05) is 0 Å². The minimum absolute atomic E-state index is 0.0499. The number of ether oxygens (including phenoxy) is 1. The summed E-state index contributed by atoms with van der Waals surface area (Å²) in [5.41, 5.74) is 0.909. The van der Waals surface area contributed by atoms with E-state index in [9.17, 15) is 9.59 Å². The number of nitrogens with zero attached hydrogens (tertiary/aromatic N) is 1. The average molecular weight is 233 g/mol. The first-order valence-corrected chi connectivity index (χ1v) is 5.29. The molecule has 1 aromatic rings. The van der Waals surface area contributed by atoms with Crippen molar-refractivity contribution in [3.63, 3.8) is 0 Å². The van der Waals surface area contributed by atoms with E-state index in [2.05, 4.69) is 11.7 Å². The number of ketones is 1. The van der Waals surface area contributed by atoms with E-state index in [-0.39, 0.29) is 18.8 Å². The van der Waals surface area contributed by atoms with Crippen molar-refractivity contribution in [2.45, 2.75) is 26.0 Å². The molecule has 0 aliphatic rings. The Morgan fingerprint density at radius 2 is 2.00 bits per heavy atom. The van der Waals surface area contributed by atoms with Crippen molar-refractivity contribution in [2.24, 2.45) is 4.99 Å². The van der Waals surface area contributed by atoms with Gasteiger partial charge in [-0.25, -0.2) is 0 Å². The summed E-state index contributed by atoms with van der Waals surface area (Å²) < 4.78 is 5.03. The van der Waals surface area contributed by atoms with Gasteiger partial charge in [0.25, 0.3) is 0 Å². The van der Waals surface area contributed by atoms with E-state index in [0.29, 0.717) is 0 Å². The molecule has 1 rings (SSSR count). The Hall–Kier alpha value is -1.97. The van der Waals surface area contributed by atoms with Gasteiger partial charge in [0.1, 0.15) is 12.6 Å². The molecule has 90 valence electrons. The molecule has 0 bridgehead atoms.